The number of amides is 3. The molecule has 0 aromatic heterocycles. The number of urea groups is 1. The molecule has 1 fully saturated rings. The van der Waals surface area contributed by atoms with Crippen LogP contribution >= 0.6 is 0 Å². The standard InChI is InChI=1S/C23H17FN2O2/c24-20-9-5-4-8-19(20)15-26-22(27)21(25-23(26)28)14-16-10-12-18(13-11-16)17-6-2-1-3-7-17/h1-14H,15H2,(H,25,28)/b21-14+. The van der Waals surface area contributed by atoms with Crippen molar-refractivity contribution in [1.29, 1.82) is 0 Å². The van der Waals surface area contributed by atoms with Gasteiger partial charge in [0, 0.05) is 5.56 Å². The van der Waals surface area contributed by atoms with Crippen LogP contribution in [0.5, 0.6) is 0 Å². The highest BCUT2D eigenvalue weighted by Crippen LogP contribution is 2.22. The van der Waals surface area contributed by atoms with Gasteiger partial charge in [0.2, 0.25) is 0 Å². The van der Waals surface area contributed by atoms with Crippen molar-refractivity contribution in [3.05, 3.63) is 102 Å². The number of hydrogen-bond donors (Lipinski definition) is 1. The summed E-state index contributed by atoms with van der Waals surface area (Å²) in [4.78, 5) is 25.7. The van der Waals surface area contributed by atoms with Crippen LogP contribution in [0.3, 0.4) is 0 Å². The van der Waals surface area contributed by atoms with Gasteiger partial charge in [0.05, 0.1) is 6.54 Å². The van der Waals surface area contributed by atoms with Crippen LogP contribution in [0.4, 0.5) is 9.18 Å². The van der Waals surface area contributed by atoms with Crippen LogP contribution in [-0.4, -0.2) is 16.8 Å². The smallest absolute Gasteiger partial charge is 0.303 e. The van der Waals surface area contributed by atoms with Crippen LogP contribution in [0.25, 0.3) is 17.2 Å². The highest BCUT2D eigenvalue weighted by molar-refractivity contribution is 6.13. The third-order valence-corrected chi connectivity index (χ3v) is 4.58. The predicted molar refractivity (Wildman–Crippen MR) is 105 cm³/mol. The molecule has 1 aliphatic rings. The molecule has 0 bridgehead atoms. The number of carbonyl (C=O) groups is 2. The van der Waals surface area contributed by atoms with Gasteiger partial charge in [-0.25, -0.2) is 9.18 Å². The molecule has 138 valence electrons. The van der Waals surface area contributed by atoms with E-state index in [9.17, 15) is 14.0 Å². The van der Waals surface area contributed by atoms with Crippen LogP contribution < -0.4 is 5.32 Å². The number of rotatable bonds is 4. The zero-order chi connectivity index (χ0) is 19.5. The summed E-state index contributed by atoms with van der Waals surface area (Å²) in [6, 6.07) is 23.2. The lowest BCUT2D eigenvalue weighted by Gasteiger charge is -2.12. The molecule has 1 heterocycles. The first kappa shape index (κ1) is 17.7. The summed E-state index contributed by atoms with van der Waals surface area (Å²) in [7, 11) is 0. The Morgan fingerprint density at radius 1 is 0.821 bits per heavy atom. The van der Waals surface area contributed by atoms with Gasteiger partial charge in [-0.2, -0.15) is 0 Å². The van der Waals surface area contributed by atoms with Crippen molar-refractivity contribution in [3.8, 4) is 11.1 Å². The van der Waals surface area contributed by atoms with E-state index < -0.39 is 17.8 Å². The number of nitrogens with one attached hydrogen (secondary N) is 1. The molecule has 4 nitrogen and oxygen atoms in total. The zero-order valence-electron chi connectivity index (χ0n) is 14.9. The fraction of sp³-hybridized carbons (Fsp3) is 0.0435. The minimum absolute atomic E-state index is 0.109. The first-order chi connectivity index (χ1) is 13.6. The topological polar surface area (TPSA) is 49.4 Å². The van der Waals surface area contributed by atoms with Gasteiger partial charge in [0.15, 0.2) is 0 Å². The predicted octanol–water partition coefficient (Wildman–Crippen LogP) is 4.59. The average molecular weight is 372 g/mol. The van der Waals surface area contributed by atoms with Crippen LogP contribution in [0.2, 0.25) is 0 Å². The molecule has 1 N–H and O–H groups in total. The Hall–Kier alpha value is -3.73. The number of halogens is 1. The second kappa shape index (κ2) is 7.48. The van der Waals surface area contributed by atoms with Crippen molar-refractivity contribution < 1.29 is 14.0 Å². The van der Waals surface area contributed by atoms with E-state index in [0.717, 1.165) is 21.6 Å². The Labute approximate surface area is 161 Å². The van der Waals surface area contributed by atoms with Crippen LogP contribution in [0, 0.1) is 5.82 Å². The summed E-state index contributed by atoms with van der Waals surface area (Å²) >= 11 is 0. The molecule has 3 aromatic rings. The molecule has 0 aliphatic carbocycles. The number of imide groups is 1. The van der Waals surface area contributed by atoms with Crippen LogP contribution in [-0.2, 0) is 11.3 Å². The third-order valence-electron chi connectivity index (χ3n) is 4.58. The first-order valence-electron chi connectivity index (χ1n) is 8.85. The van der Waals surface area contributed by atoms with Crippen molar-refractivity contribution in [2.75, 3.05) is 0 Å². The van der Waals surface area contributed by atoms with E-state index in [2.05, 4.69) is 5.32 Å². The van der Waals surface area contributed by atoms with E-state index in [0.29, 0.717) is 5.56 Å². The normalized spacial score (nSPS) is 15.2. The minimum Gasteiger partial charge on any atom is -0.303 e. The SMILES string of the molecule is O=C1N/C(=C/c2ccc(-c3ccccc3)cc2)C(=O)N1Cc1ccccc1F. The molecule has 5 heteroatoms. The van der Waals surface area contributed by atoms with Gasteiger partial charge in [-0.15, -0.1) is 0 Å². The highest BCUT2D eigenvalue weighted by atomic mass is 19.1. The Kier molecular flexibility index (Phi) is 4.72. The van der Waals surface area contributed by atoms with Crippen molar-refractivity contribution in [2.24, 2.45) is 0 Å². The van der Waals surface area contributed by atoms with E-state index >= 15 is 0 Å². The number of hydrogen-bond acceptors (Lipinski definition) is 2. The maximum atomic E-state index is 13.8. The largest absolute Gasteiger partial charge is 0.329 e. The van der Waals surface area contributed by atoms with Gasteiger partial charge in [0.25, 0.3) is 5.91 Å². The molecular weight excluding hydrogens is 355 g/mol. The molecule has 1 aliphatic heterocycles. The van der Waals surface area contributed by atoms with Crippen molar-refractivity contribution >= 4 is 18.0 Å². The molecule has 0 spiro atoms. The molecule has 1 saturated heterocycles. The van der Waals surface area contributed by atoms with Gasteiger partial charge < -0.3 is 5.32 Å². The highest BCUT2D eigenvalue weighted by Gasteiger charge is 2.33. The Bertz CT molecular complexity index is 1060. The van der Waals surface area contributed by atoms with Crippen molar-refractivity contribution in [1.82, 2.24) is 10.2 Å². The quantitative estimate of drug-likeness (QED) is 0.538. The molecule has 0 unspecified atom stereocenters. The maximum Gasteiger partial charge on any atom is 0.329 e. The summed E-state index contributed by atoms with van der Waals surface area (Å²) in [5.74, 6) is -0.919. The fourth-order valence-corrected chi connectivity index (χ4v) is 3.08. The number of nitrogens with zero attached hydrogens (tertiary/aromatic N) is 1. The molecule has 4 rings (SSSR count). The van der Waals surface area contributed by atoms with E-state index in [4.69, 9.17) is 0 Å². The molecule has 28 heavy (non-hydrogen) atoms. The molecule has 0 atom stereocenters. The van der Waals surface area contributed by atoms with E-state index in [1.165, 1.54) is 6.07 Å². The van der Waals surface area contributed by atoms with Crippen molar-refractivity contribution in [2.45, 2.75) is 6.54 Å². The monoisotopic (exact) mass is 372 g/mol. The Morgan fingerprint density at radius 2 is 1.46 bits per heavy atom. The maximum absolute atomic E-state index is 13.8. The first-order valence-corrected chi connectivity index (χ1v) is 8.85. The van der Waals surface area contributed by atoms with Gasteiger partial charge in [-0.1, -0.05) is 72.8 Å². The number of benzene rings is 3. The van der Waals surface area contributed by atoms with E-state index in [1.807, 2.05) is 54.6 Å². The van der Waals surface area contributed by atoms with Crippen LogP contribution in [0.1, 0.15) is 11.1 Å². The van der Waals surface area contributed by atoms with Gasteiger partial charge in [0.1, 0.15) is 11.5 Å². The lowest BCUT2D eigenvalue weighted by Crippen LogP contribution is -2.30. The summed E-state index contributed by atoms with van der Waals surface area (Å²) in [6.07, 6.45) is 1.62. The summed E-state index contributed by atoms with van der Waals surface area (Å²) in [5, 5.41) is 2.56. The second-order valence-corrected chi connectivity index (χ2v) is 6.46. The lowest BCUT2D eigenvalue weighted by atomic mass is 10.0. The van der Waals surface area contributed by atoms with E-state index in [1.54, 1.807) is 24.3 Å². The summed E-state index contributed by atoms with van der Waals surface area (Å²) < 4.78 is 13.8. The number of carbonyl (C=O) groups excluding carboxylic acids is 2. The molecule has 0 saturated carbocycles. The summed E-state index contributed by atoms with van der Waals surface area (Å²) in [6.45, 7) is -0.109. The average Bonchev–Trinajstić information content (AvgIpc) is 2.98. The van der Waals surface area contributed by atoms with Gasteiger partial charge >= 0.3 is 6.03 Å². The molecule has 0 radical (unpaired) electrons. The second-order valence-electron chi connectivity index (χ2n) is 6.46. The molecule has 3 amide bonds. The van der Waals surface area contributed by atoms with Crippen LogP contribution in [0.15, 0.2) is 84.6 Å². The van der Waals surface area contributed by atoms with Gasteiger partial charge in [-0.3, -0.25) is 9.69 Å². The zero-order valence-corrected chi connectivity index (χ0v) is 14.9. The van der Waals surface area contributed by atoms with Crippen molar-refractivity contribution in [3.63, 3.8) is 0 Å². The Balaban J connectivity index is 1.53. The molecule has 3 aromatic carbocycles. The lowest BCUT2D eigenvalue weighted by molar-refractivity contribution is -0.123. The molecular formula is C23H17FN2O2. The van der Waals surface area contributed by atoms with E-state index in [-0.39, 0.29) is 12.2 Å². The minimum atomic E-state index is -0.555. The fourth-order valence-electron chi connectivity index (χ4n) is 3.08. The Morgan fingerprint density at radius 3 is 2.18 bits per heavy atom. The summed E-state index contributed by atoms with van der Waals surface area (Å²) in [5.41, 5.74) is 3.41. The third kappa shape index (κ3) is 3.55. The van der Waals surface area contributed by atoms with Gasteiger partial charge in [-0.05, 0) is 28.8 Å².